The van der Waals surface area contributed by atoms with Crippen LogP contribution in [0.3, 0.4) is 0 Å². The van der Waals surface area contributed by atoms with Gasteiger partial charge in [-0.25, -0.2) is 4.79 Å². The van der Waals surface area contributed by atoms with Gasteiger partial charge >= 0.3 is 5.69 Å². The molecule has 2 saturated heterocycles. The summed E-state index contributed by atoms with van der Waals surface area (Å²) in [5.41, 5.74) is 9.06. The number of ether oxygens (including phenoxy) is 2. The van der Waals surface area contributed by atoms with Gasteiger partial charge in [-0.2, -0.15) is 4.98 Å². The molecule has 1 amide bonds. The lowest BCUT2D eigenvalue weighted by atomic mass is 10.00. The molecule has 5 N–H and O–H groups in total. The number of aryl methyl sites for hydroxylation is 2. The van der Waals surface area contributed by atoms with E-state index in [1.165, 1.54) is 71.8 Å². The van der Waals surface area contributed by atoms with Crippen molar-refractivity contribution in [3.8, 4) is 16.2 Å². The lowest BCUT2D eigenvalue weighted by Crippen LogP contribution is -2.50. The number of hydrogen-bond donors (Lipinski definition) is 4. The summed E-state index contributed by atoms with van der Waals surface area (Å²) in [6.45, 7) is 13.8. The number of aliphatic hydroxyl groups excluding tert-OH is 1. The van der Waals surface area contributed by atoms with Crippen LogP contribution in [0, 0.1) is 12.8 Å². The Kier molecular flexibility index (Phi) is 22.9. The third-order valence-electron chi connectivity index (χ3n) is 10.8. The van der Waals surface area contributed by atoms with Crippen LogP contribution in [0.2, 0.25) is 0 Å². The zero-order chi connectivity index (χ0) is 43.9. The summed E-state index contributed by atoms with van der Waals surface area (Å²) in [5, 5.41) is 13.4. The van der Waals surface area contributed by atoms with Gasteiger partial charge in [-0.1, -0.05) is 90.0 Å². The first-order chi connectivity index (χ1) is 29.0. The van der Waals surface area contributed by atoms with Gasteiger partial charge in [0.15, 0.2) is 0 Å². The van der Waals surface area contributed by atoms with Gasteiger partial charge in [0.05, 0.1) is 12.1 Å². The van der Waals surface area contributed by atoms with Crippen LogP contribution in [0.1, 0.15) is 144 Å². The summed E-state index contributed by atoms with van der Waals surface area (Å²) in [6.07, 6.45) is 17.9. The Hall–Kier alpha value is -4.36. The summed E-state index contributed by atoms with van der Waals surface area (Å²) in [5.74, 6) is 1.59. The Bertz CT molecular complexity index is 1900. The summed E-state index contributed by atoms with van der Waals surface area (Å²) in [7, 11) is 1.00. The molecule has 2 aromatic heterocycles. The molecule has 330 valence electrons. The molecule has 4 unspecified atom stereocenters. The molecule has 60 heavy (non-hydrogen) atoms. The number of amides is 1. The number of aliphatic hydroxyl groups is 1. The van der Waals surface area contributed by atoms with Crippen LogP contribution >= 0.6 is 11.3 Å². The molecule has 1 aliphatic carbocycles. The van der Waals surface area contributed by atoms with Crippen LogP contribution in [0.5, 0.6) is 5.75 Å². The van der Waals surface area contributed by atoms with E-state index in [0.29, 0.717) is 11.5 Å². The number of thiophene rings is 1. The van der Waals surface area contributed by atoms with Crippen LogP contribution in [-0.4, -0.2) is 59.3 Å². The molecule has 4 aromatic rings. The predicted molar refractivity (Wildman–Crippen MR) is 246 cm³/mol. The Morgan fingerprint density at radius 1 is 1.05 bits per heavy atom. The van der Waals surface area contributed by atoms with Crippen molar-refractivity contribution in [3.05, 3.63) is 98.9 Å². The van der Waals surface area contributed by atoms with Crippen LogP contribution in [-0.2, 0) is 16.0 Å². The molecule has 4 heterocycles. The quantitative estimate of drug-likeness (QED) is 0.0962. The first-order valence-corrected chi connectivity index (χ1v) is 22.7. The van der Waals surface area contributed by atoms with E-state index in [1.807, 2.05) is 43.4 Å². The standard InChI is InChI=1S/C27H32N2O2S.C13H21N3O2.C5H10.C2H4O.CH4O/c1-4-5-9-24-12-13-26(32-24)21-8-6-7-20(14-21)19(3)29-27(30)25-15-22(11-10-18(25)2)31-23-16-28-17-23;1-3-9(2)8-10-4-5-12(18-10)16-7-6-11(14)15-13(16)17;1-2-4-5-3-1;1-2-3;1-2/h6-8,10-15,19,23,28H,4-5,9,16-17H2,1-3H3,(H,29,30);6-7,9-10,12H,3-5,8H2,1-2H3,(H2,14,15,17);1-5H2;2H,1H3;2H,1H3. The zero-order valence-corrected chi connectivity index (χ0v) is 37.9. The smallest absolute Gasteiger partial charge is 0.351 e. The number of anilines is 1. The normalized spacial score (nSPS) is 17.7. The molecule has 3 fully saturated rings. The third kappa shape index (κ3) is 16.6. The van der Waals surface area contributed by atoms with Gasteiger partial charge in [-0.15, -0.1) is 11.3 Å². The van der Waals surface area contributed by atoms with Crippen LogP contribution in [0.4, 0.5) is 5.82 Å². The third-order valence-corrected chi connectivity index (χ3v) is 12.0. The summed E-state index contributed by atoms with van der Waals surface area (Å²) in [4.78, 5) is 40.0. The number of nitrogen functional groups attached to an aromatic ring is 1. The minimum atomic E-state index is -0.329. The molecule has 0 bridgehead atoms. The van der Waals surface area contributed by atoms with E-state index in [9.17, 15) is 9.59 Å². The number of aldehydes is 1. The first-order valence-electron chi connectivity index (χ1n) is 21.9. The lowest BCUT2D eigenvalue weighted by molar-refractivity contribution is -0.106. The van der Waals surface area contributed by atoms with Crippen molar-refractivity contribution in [2.24, 2.45) is 5.92 Å². The molecule has 2 aromatic carbocycles. The van der Waals surface area contributed by atoms with E-state index in [2.05, 4.69) is 72.8 Å². The van der Waals surface area contributed by atoms with Gasteiger partial charge in [0, 0.05) is 41.7 Å². The second-order valence-corrected chi connectivity index (χ2v) is 16.8. The van der Waals surface area contributed by atoms with Gasteiger partial charge in [0.25, 0.3) is 5.91 Å². The number of rotatable bonds is 13. The van der Waals surface area contributed by atoms with Gasteiger partial charge in [0.2, 0.25) is 0 Å². The number of nitrogens with one attached hydrogen (secondary N) is 2. The van der Waals surface area contributed by atoms with E-state index >= 15 is 0 Å². The maximum absolute atomic E-state index is 13.1. The number of aromatic nitrogens is 2. The molecule has 2 aliphatic heterocycles. The minimum absolute atomic E-state index is 0.0736. The number of nitrogens with zero attached hydrogens (tertiary/aromatic N) is 2. The fourth-order valence-electron chi connectivity index (χ4n) is 7.00. The number of carbonyl (C=O) groups excluding carboxylic acids is 2. The number of benzene rings is 2. The lowest BCUT2D eigenvalue weighted by Gasteiger charge is -2.28. The predicted octanol–water partition coefficient (Wildman–Crippen LogP) is 9.61. The monoisotopic (exact) mass is 846 g/mol. The largest absolute Gasteiger partial charge is 0.488 e. The molecule has 3 aliphatic rings. The Morgan fingerprint density at radius 2 is 1.75 bits per heavy atom. The Balaban J connectivity index is 0.000000286. The number of hydrogen-bond acceptors (Lipinski definition) is 10. The van der Waals surface area contributed by atoms with Crippen molar-refractivity contribution in [1.82, 2.24) is 20.2 Å². The molecule has 12 heteroatoms. The molecule has 11 nitrogen and oxygen atoms in total. The summed E-state index contributed by atoms with van der Waals surface area (Å²) in [6, 6.07) is 20.2. The maximum atomic E-state index is 13.1. The molecule has 1 saturated carbocycles. The van der Waals surface area contributed by atoms with Gasteiger partial charge in [0.1, 0.15) is 30.2 Å². The van der Waals surface area contributed by atoms with Gasteiger partial charge in [-0.3, -0.25) is 9.36 Å². The zero-order valence-electron chi connectivity index (χ0n) is 37.1. The highest BCUT2D eigenvalue weighted by atomic mass is 32.1. The highest BCUT2D eigenvalue weighted by Gasteiger charge is 2.28. The number of carbonyl (C=O) groups is 2. The fourth-order valence-corrected chi connectivity index (χ4v) is 8.05. The van der Waals surface area contributed by atoms with Gasteiger partial charge < -0.3 is 35.7 Å². The second-order valence-electron chi connectivity index (χ2n) is 15.6. The van der Waals surface area contributed by atoms with E-state index in [-0.39, 0.29) is 41.9 Å². The fraction of sp³-hybridized carbons (Fsp3) is 0.542. The van der Waals surface area contributed by atoms with Crippen molar-refractivity contribution in [3.63, 3.8) is 0 Å². The minimum Gasteiger partial charge on any atom is -0.488 e. The van der Waals surface area contributed by atoms with Crippen LogP contribution in [0.25, 0.3) is 10.4 Å². The molecule has 7 rings (SSSR count). The van der Waals surface area contributed by atoms with E-state index in [4.69, 9.17) is 25.1 Å². The topological polar surface area (TPSA) is 158 Å². The first kappa shape index (κ1) is 50.0. The Labute approximate surface area is 362 Å². The van der Waals surface area contributed by atoms with Crippen molar-refractivity contribution in [1.29, 1.82) is 0 Å². The highest BCUT2D eigenvalue weighted by Crippen LogP contribution is 2.32. The van der Waals surface area contributed by atoms with Crippen LogP contribution < -0.4 is 26.8 Å². The summed E-state index contributed by atoms with van der Waals surface area (Å²) < 4.78 is 13.4. The summed E-state index contributed by atoms with van der Waals surface area (Å²) >= 11 is 1.87. The molecule has 0 spiro atoms. The molecule has 0 radical (unpaired) electrons. The average molecular weight is 846 g/mol. The molecule has 4 atom stereocenters. The average Bonchev–Trinajstić information content (AvgIpc) is 4.06. The number of unbranched alkanes of at least 4 members (excludes halogenated alkanes) is 1. The second kappa shape index (κ2) is 27.5. The maximum Gasteiger partial charge on any atom is 0.351 e. The van der Waals surface area contributed by atoms with E-state index in [1.54, 1.807) is 12.3 Å². The van der Waals surface area contributed by atoms with Crippen molar-refractivity contribution < 1.29 is 24.2 Å². The highest BCUT2D eigenvalue weighted by molar-refractivity contribution is 7.15. The van der Waals surface area contributed by atoms with Crippen molar-refractivity contribution in [2.75, 3.05) is 25.9 Å². The Morgan fingerprint density at radius 3 is 2.37 bits per heavy atom. The van der Waals surface area contributed by atoms with Crippen molar-refractivity contribution in [2.45, 2.75) is 143 Å². The van der Waals surface area contributed by atoms with Crippen molar-refractivity contribution >= 4 is 29.3 Å². The molecular weight excluding hydrogens is 775 g/mol. The molecular formula is C48H71N5O6S. The van der Waals surface area contributed by atoms with E-state index < -0.39 is 0 Å². The number of nitrogens with two attached hydrogens (primary N) is 1. The van der Waals surface area contributed by atoms with Gasteiger partial charge in [-0.05, 0) is 112 Å². The van der Waals surface area contributed by atoms with Crippen LogP contribution in [0.15, 0.2) is 71.7 Å². The SMILES string of the molecule is C1CCCC1.CC=O.CCC(C)CC1CCC(n2ccc(N)nc2=O)O1.CCCCc1ccc(-c2cccc(C(C)NC(=O)c3cc(OC4CNC4)ccc3C)c2)s1.CO. The van der Waals surface area contributed by atoms with E-state index in [0.717, 1.165) is 75.5 Å².